The van der Waals surface area contributed by atoms with Crippen molar-refractivity contribution in [2.75, 3.05) is 12.4 Å². The van der Waals surface area contributed by atoms with Gasteiger partial charge in [-0.25, -0.2) is 4.79 Å². The molecular weight excluding hydrogens is 164 g/mol. The first kappa shape index (κ1) is 8.87. The SMILES string of the molecule is CC(C)OCC1CSC(=O)O1. The van der Waals surface area contributed by atoms with Crippen LogP contribution in [0.3, 0.4) is 0 Å². The van der Waals surface area contributed by atoms with E-state index < -0.39 is 0 Å². The molecule has 1 unspecified atom stereocenters. The van der Waals surface area contributed by atoms with Crippen molar-refractivity contribution >= 4 is 17.1 Å². The molecule has 0 N–H and O–H groups in total. The lowest BCUT2D eigenvalue weighted by Crippen LogP contribution is -2.20. The predicted molar refractivity (Wildman–Crippen MR) is 43.8 cm³/mol. The number of thioether (sulfide) groups is 1. The molecule has 1 aliphatic heterocycles. The van der Waals surface area contributed by atoms with Crippen molar-refractivity contribution in [1.82, 2.24) is 0 Å². The fourth-order valence-electron chi connectivity index (χ4n) is 0.747. The molecule has 64 valence electrons. The van der Waals surface area contributed by atoms with E-state index in [0.717, 1.165) is 5.75 Å². The topological polar surface area (TPSA) is 35.5 Å². The van der Waals surface area contributed by atoms with E-state index in [4.69, 9.17) is 9.47 Å². The summed E-state index contributed by atoms with van der Waals surface area (Å²) in [6.07, 6.45) is 0.175. The Kier molecular flexibility index (Phi) is 3.20. The first-order valence-electron chi connectivity index (χ1n) is 3.63. The van der Waals surface area contributed by atoms with Crippen molar-refractivity contribution in [3.05, 3.63) is 0 Å². The quantitative estimate of drug-likeness (QED) is 0.613. The highest BCUT2D eigenvalue weighted by Gasteiger charge is 2.24. The van der Waals surface area contributed by atoms with Crippen LogP contribution in [0.15, 0.2) is 0 Å². The third-order valence-electron chi connectivity index (χ3n) is 1.27. The van der Waals surface area contributed by atoms with Crippen LogP contribution in [0, 0.1) is 0 Å². The molecule has 0 radical (unpaired) electrons. The van der Waals surface area contributed by atoms with Gasteiger partial charge in [0, 0.05) is 5.75 Å². The summed E-state index contributed by atoms with van der Waals surface area (Å²) in [6.45, 7) is 4.45. The number of carbonyl (C=O) groups excluding carboxylic acids is 1. The maximum absolute atomic E-state index is 10.6. The molecule has 0 aliphatic carbocycles. The highest BCUT2D eigenvalue weighted by molar-refractivity contribution is 8.13. The Balaban J connectivity index is 2.13. The van der Waals surface area contributed by atoms with Crippen LogP contribution in [0.1, 0.15) is 13.8 Å². The van der Waals surface area contributed by atoms with Gasteiger partial charge in [0.05, 0.1) is 12.7 Å². The molecule has 1 aliphatic rings. The maximum Gasteiger partial charge on any atom is 0.367 e. The summed E-state index contributed by atoms with van der Waals surface area (Å²) in [6, 6.07) is 0. The number of cyclic esters (lactones) is 1. The molecule has 1 rings (SSSR count). The van der Waals surface area contributed by atoms with Crippen LogP contribution < -0.4 is 0 Å². The first-order chi connectivity index (χ1) is 5.18. The molecule has 0 aromatic heterocycles. The van der Waals surface area contributed by atoms with E-state index in [1.54, 1.807) is 0 Å². The van der Waals surface area contributed by atoms with E-state index in [-0.39, 0.29) is 17.5 Å². The molecule has 1 fully saturated rings. The summed E-state index contributed by atoms with van der Waals surface area (Å²) < 4.78 is 10.2. The van der Waals surface area contributed by atoms with Gasteiger partial charge < -0.3 is 9.47 Å². The van der Waals surface area contributed by atoms with Crippen LogP contribution in [0.25, 0.3) is 0 Å². The molecule has 3 nitrogen and oxygen atoms in total. The fraction of sp³-hybridized carbons (Fsp3) is 0.857. The lowest BCUT2D eigenvalue weighted by Gasteiger charge is -2.10. The van der Waals surface area contributed by atoms with Gasteiger partial charge >= 0.3 is 5.30 Å². The molecule has 0 saturated carbocycles. The molecular formula is C7H12O3S. The molecule has 1 heterocycles. The summed E-state index contributed by atoms with van der Waals surface area (Å²) in [4.78, 5) is 10.6. The minimum atomic E-state index is -0.178. The Bertz CT molecular complexity index is 147. The fourth-order valence-corrected chi connectivity index (χ4v) is 1.44. The molecule has 1 saturated heterocycles. The van der Waals surface area contributed by atoms with Gasteiger partial charge in [-0.05, 0) is 25.6 Å². The maximum atomic E-state index is 10.6. The second-order valence-corrected chi connectivity index (χ2v) is 3.64. The van der Waals surface area contributed by atoms with Gasteiger partial charge in [0.2, 0.25) is 0 Å². The van der Waals surface area contributed by atoms with E-state index in [0.29, 0.717) is 6.61 Å². The van der Waals surface area contributed by atoms with Crippen LogP contribution in [-0.2, 0) is 9.47 Å². The standard InChI is InChI=1S/C7H12O3S/c1-5(2)9-3-6-4-11-7(8)10-6/h5-6H,3-4H2,1-2H3. The second-order valence-electron chi connectivity index (χ2n) is 2.68. The highest BCUT2D eigenvalue weighted by atomic mass is 32.2. The normalized spacial score (nSPS) is 24.3. The molecule has 0 amide bonds. The van der Waals surface area contributed by atoms with Crippen molar-refractivity contribution < 1.29 is 14.3 Å². The van der Waals surface area contributed by atoms with Crippen molar-refractivity contribution in [2.45, 2.75) is 26.1 Å². The third-order valence-corrected chi connectivity index (χ3v) is 2.14. The van der Waals surface area contributed by atoms with Crippen molar-refractivity contribution in [3.63, 3.8) is 0 Å². The third kappa shape index (κ3) is 3.12. The van der Waals surface area contributed by atoms with Crippen LogP contribution in [-0.4, -0.2) is 29.9 Å². The van der Waals surface area contributed by atoms with Crippen molar-refractivity contribution in [3.8, 4) is 0 Å². The monoisotopic (exact) mass is 176 g/mol. The largest absolute Gasteiger partial charge is 0.451 e. The van der Waals surface area contributed by atoms with Crippen LogP contribution >= 0.6 is 11.8 Å². The van der Waals surface area contributed by atoms with Crippen LogP contribution in [0.5, 0.6) is 0 Å². The molecule has 4 heteroatoms. The average molecular weight is 176 g/mol. The van der Waals surface area contributed by atoms with Crippen molar-refractivity contribution in [2.24, 2.45) is 0 Å². The summed E-state index contributed by atoms with van der Waals surface area (Å²) >= 11 is 1.22. The minimum absolute atomic E-state index is 0.0325. The second kappa shape index (κ2) is 3.97. The van der Waals surface area contributed by atoms with E-state index in [1.807, 2.05) is 13.8 Å². The average Bonchev–Trinajstić information content (AvgIpc) is 2.31. The van der Waals surface area contributed by atoms with E-state index >= 15 is 0 Å². The van der Waals surface area contributed by atoms with Crippen LogP contribution in [0.2, 0.25) is 0 Å². The number of rotatable bonds is 3. The lowest BCUT2D eigenvalue weighted by molar-refractivity contribution is 0.0153. The summed E-state index contributed by atoms with van der Waals surface area (Å²) in [5.74, 6) is 0.728. The number of carbonyl (C=O) groups is 1. The Morgan fingerprint density at radius 3 is 3.00 bits per heavy atom. The number of hydrogen-bond acceptors (Lipinski definition) is 4. The number of hydrogen-bond donors (Lipinski definition) is 0. The zero-order chi connectivity index (χ0) is 8.27. The zero-order valence-corrected chi connectivity index (χ0v) is 7.52. The van der Waals surface area contributed by atoms with Gasteiger partial charge in [0.1, 0.15) is 6.10 Å². The molecule has 0 bridgehead atoms. The van der Waals surface area contributed by atoms with E-state index in [2.05, 4.69) is 0 Å². The Morgan fingerprint density at radius 1 is 1.82 bits per heavy atom. The van der Waals surface area contributed by atoms with Gasteiger partial charge in [0.25, 0.3) is 0 Å². The summed E-state index contributed by atoms with van der Waals surface area (Å²) in [5.41, 5.74) is 0. The van der Waals surface area contributed by atoms with E-state index in [9.17, 15) is 4.79 Å². The summed E-state index contributed by atoms with van der Waals surface area (Å²) in [7, 11) is 0. The Morgan fingerprint density at radius 2 is 2.55 bits per heavy atom. The zero-order valence-electron chi connectivity index (χ0n) is 6.70. The molecule has 0 aromatic rings. The Labute approximate surface area is 70.4 Å². The number of ether oxygens (including phenoxy) is 2. The smallest absolute Gasteiger partial charge is 0.367 e. The van der Waals surface area contributed by atoms with Gasteiger partial charge in [-0.2, -0.15) is 0 Å². The Hall–Kier alpha value is -0.220. The van der Waals surface area contributed by atoms with Gasteiger partial charge in [-0.3, -0.25) is 0 Å². The minimum Gasteiger partial charge on any atom is -0.451 e. The van der Waals surface area contributed by atoms with Gasteiger partial charge in [0.15, 0.2) is 0 Å². The molecule has 1 atom stereocenters. The molecule has 0 spiro atoms. The predicted octanol–water partition coefficient (Wildman–Crippen LogP) is 1.66. The molecule has 11 heavy (non-hydrogen) atoms. The lowest BCUT2D eigenvalue weighted by atomic mass is 10.4. The van der Waals surface area contributed by atoms with Gasteiger partial charge in [-0.1, -0.05) is 0 Å². The summed E-state index contributed by atoms with van der Waals surface area (Å²) in [5, 5.41) is -0.178. The van der Waals surface area contributed by atoms with Crippen molar-refractivity contribution in [1.29, 1.82) is 0 Å². The van der Waals surface area contributed by atoms with Crippen LogP contribution in [0.4, 0.5) is 4.79 Å². The van der Waals surface area contributed by atoms with Gasteiger partial charge in [-0.15, -0.1) is 0 Å². The van der Waals surface area contributed by atoms with E-state index in [1.165, 1.54) is 11.8 Å². The highest BCUT2D eigenvalue weighted by Crippen LogP contribution is 2.19. The molecule has 0 aromatic carbocycles. The first-order valence-corrected chi connectivity index (χ1v) is 4.62.